The largest absolute Gasteiger partial charge is 0.484 e. The predicted octanol–water partition coefficient (Wildman–Crippen LogP) is 4.40. The normalized spacial score (nSPS) is 11.1. The second-order valence-corrected chi connectivity index (χ2v) is 8.52. The highest BCUT2D eigenvalue weighted by Crippen LogP contribution is 2.20. The fourth-order valence-electron chi connectivity index (χ4n) is 2.63. The minimum Gasteiger partial charge on any atom is -0.484 e. The third-order valence-corrected chi connectivity index (χ3v) is 5.85. The minimum absolute atomic E-state index is 0.187. The van der Waals surface area contributed by atoms with Crippen molar-refractivity contribution in [2.24, 2.45) is 0 Å². The summed E-state index contributed by atoms with van der Waals surface area (Å²) in [5.74, 6) is -2.20. The van der Waals surface area contributed by atoms with Gasteiger partial charge in [0.15, 0.2) is 18.2 Å². The molecule has 31 heavy (non-hydrogen) atoms. The van der Waals surface area contributed by atoms with Gasteiger partial charge in [0.05, 0.1) is 4.90 Å². The molecule has 1 amide bonds. The van der Waals surface area contributed by atoms with Gasteiger partial charge in [-0.25, -0.2) is 17.2 Å². The standard InChI is InChI=1S/C22H20F2N2O4S/c1-14-3-8-18(11-15(14)2)30-13-22(27)25-16-4-6-17(7-5-16)26-31(28,29)19-9-10-20(23)21(24)12-19/h3-12,26H,13H2,1-2H3,(H,25,27). The lowest BCUT2D eigenvalue weighted by Crippen LogP contribution is -2.20. The molecule has 3 rings (SSSR count). The van der Waals surface area contributed by atoms with Gasteiger partial charge in [0, 0.05) is 11.4 Å². The summed E-state index contributed by atoms with van der Waals surface area (Å²) in [5.41, 5.74) is 2.80. The summed E-state index contributed by atoms with van der Waals surface area (Å²) in [6, 6.07) is 13.7. The Morgan fingerprint density at radius 3 is 2.19 bits per heavy atom. The molecule has 0 aromatic heterocycles. The van der Waals surface area contributed by atoms with Gasteiger partial charge in [0.1, 0.15) is 5.75 Å². The maximum Gasteiger partial charge on any atom is 0.262 e. The second-order valence-electron chi connectivity index (χ2n) is 6.84. The Hall–Kier alpha value is -3.46. The van der Waals surface area contributed by atoms with E-state index < -0.39 is 26.6 Å². The van der Waals surface area contributed by atoms with E-state index in [1.165, 1.54) is 24.3 Å². The van der Waals surface area contributed by atoms with Crippen LogP contribution in [0.4, 0.5) is 20.2 Å². The van der Waals surface area contributed by atoms with Crippen molar-refractivity contribution < 1.29 is 26.7 Å². The number of rotatable bonds is 7. The van der Waals surface area contributed by atoms with E-state index in [-0.39, 0.29) is 18.2 Å². The lowest BCUT2D eigenvalue weighted by molar-refractivity contribution is -0.118. The lowest BCUT2D eigenvalue weighted by Gasteiger charge is -2.11. The van der Waals surface area contributed by atoms with Crippen molar-refractivity contribution in [1.82, 2.24) is 0 Å². The highest BCUT2D eigenvalue weighted by molar-refractivity contribution is 7.92. The number of carbonyl (C=O) groups excluding carboxylic acids is 1. The minimum atomic E-state index is -4.10. The molecule has 162 valence electrons. The van der Waals surface area contributed by atoms with Crippen LogP contribution in [0.15, 0.2) is 65.6 Å². The average molecular weight is 446 g/mol. The molecular formula is C22H20F2N2O4S. The quantitative estimate of drug-likeness (QED) is 0.564. The smallest absolute Gasteiger partial charge is 0.262 e. The zero-order chi connectivity index (χ0) is 22.6. The van der Waals surface area contributed by atoms with Crippen LogP contribution in [-0.2, 0) is 14.8 Å². The SMILES string of the molecule is Cc1ccc(OCC(=O)Nc2ccc(NS(=O)(=O)c3ccc(F)c(F)c3)cc2)cc1C. The van der Waals surface area contributed by atoms with Gasteiger partial charge in [0.2, 0.25) is 0 Å². The fraction of sp³-hybridized carbons (Fsp3) is 0.136. The van der Waals surface area contributed by atoms with E-state index in [0.717, 1.165) is 23.3 Å². The summed E-state index contributed by atoms with van der Waals surface area (Å²) in [6.07, 6.45) is 0. The molecule has 0 aliphatic carbocycles. The Morgan fingerprint density at radius 2 is 1.55 bits per heavy atom. The number of halogens is 2. The Kier molecular flexibility index (Phi) is 6.55. The van der Waals surface area contributed by atoms with Gasteiger partial charge in [-0.05, 0) is 79.6 Å². The molecule has 0 aliphatic heterocycles. The molecule has 0 fully saturated rings. The van der Waals surface area contributed by atoms with E-state index in [0.29, 0.717) is 17.5 Å². The maximum absolute atomic E-state index is 13.3. The number of amides is 1. The van der Waals surface area contributed by atoms with Crippen LogP contribution in [0.2, 0.25) is 0 Å². The zero-order valence-corrected chi connectivity index (χ0v) is 17.6. The number of hydrogen-bond donors (Lipinski definition) is 2. The monoisotopic (exact) mass is 446 g/mol. The van der Waals surface area contributed by atoms with E-state index in [1.54, 1.807) is 6.07 Å². The van der Waals surface area contributed by atoms with Crippen LogP contribution >= 0.6 is 0 Å². The van der Waals surface area contributed by atoms with E-state index in [2.05, 4.69) is 10.0 Å². The first-order valence-corrected chi connectivity index (χ1v) is 10.7. The van der Waals surface area contributed by atoms with Gasteiger partial charge in [-0.1, -0.05) is 6.07 Å². The van der Waals surface area contributed by atoms with Gasteiger partial charge in [-0.15, -0.1) is 0 Å². The Bertz CT molecular complexity index is 1210. The Morgan fingerprint density at radius 1 is 0.871 bits per heavy atom. The van der Waals surface area contributed by atoms with Crippen molar-refractivity contribution in [2.45, 2.75) is 18.7 Å². The molecule has 0 saturated carbocycles. The Labute approximate surface area is 178 Å². The molecule has 6 nitrogen and oxygen atoms in total. The summed E-state index contributed by atoms with van der Waals surface area (Å²) in [7, 11) is -4.10. The molecule has 3 aromatic carbocycles. The predicted molar refractivity (Wildman–Crippen MR) is 114 cm³/mol. The number of hydrogen-bond acceptors (Lipinski definition) is 4. The topological polar surface area (TPSA) is 84.5 Å². The van der Waals surface area contributed by atoms with Crippen LogP contribution in [0.5, 0.6) is 5.75 Å². The van der Waals surface area contributed by atoms with Crippen LogP contribution in [0, 0.1) is 25.5 Å². The van der Waals surface area contributed by atoms with Crippen molar-refractivity contribution in [3.05, 3.63) is 83.4 Å². The van der Waals surface area contributed by atoms with E-state index in [9.17, 15) is 22.0 Å². The van der Waals surface area contributed by atoms with Crippen molar-refractivity contribution in [2.75, 3.05) is 16.6 Å². The number of carbonyl (C=O) groups is 1. The summed E-state index contributed by atoms with van der Waals surface area (Å²) < 4.78 is 58.7. The van der Waals surface area contributed by atoms with E-state index in [1.807, 2.05) is 26.0 Å². The van der Waals surface area contributed by atoms with Crippen LogP contribution < -0.4 is 14.8 Å². The van der Waals surface area contributed by atoms with Crippen LogP contribution in [0.25, 0.3) is 0 Å². The molecule has 0 heterocycles. The zero-order valence-electron chi connectivity index (χ0n) is 16.8. The molecule has 0 saturated heterocycles. The van der Waals surface area contributed by atoms with Crippen molar-refractivity contribution in [3.8, 4) is 5.75 Å². The van der Waals surface area contributed by atoms with Crippen molar-refractivity contribution in [3.63, 3.8) is 0 Å². The first kappa shape index (κ1) is 22.2. The third-order valence-electron chi connectivity index (χ3n) is 4.47. The number of nitrogens with one attached hydrogen (secondary N) is 2. The van der Waals surface area contributed by atoms with Crippen LogP contribution in [0.1, 0.15) is 11.1 Å². The molecule has 0 atom stereocenters. The van der Waals surface area contributed by atoms with Gasteiger partial charge >= 0.3 is 0 Å². The average Bonchev–Trinajstić information content (AvgIpc) is 2.72. The Balaban J connectivity index is 1.58. The van der Waals surface area contributed by atoms with E-state index >= 15 is 0 Å². The van der Waals surface area contributed by atoms with Gasteiger partial charge < -0.3 is 10.1 Å². The number of ether oxygens (including phenoxy) is 1. The van der Waals surface area contributed by atoms with Crippen molar-refractivity contribution >= 4 is 27.3 Å². The molecule has 0 bridgehead atoms. The van der Waals surface area contributed by atoms with Gasteiger partial charge in [0.25, 0.3) is 15.9 Å². The van der Waals surface area contributed by atoms with Gasteiger partial charge in [-0.3, -0.25) is 9.52 Å². The first-order chi connectivity index (χ1) is 14.6. The summed E-state index contributed by atoms with van der Waals surface area (Å²) in [4.78, 5) is 11.7. The van der Waals surface area contributed by atoms with Crippen LogP contribution in [-0.4, -0.2) is 20.9 Å². The number of benzene rings is 3. The highest BCUT2D eigenvalue weighted by atomic mass is 32.2. The first-order valence-electron chi connectivity index (χ1n) is 9.22. The number of sulfonamides is 1. The molecule has 0 spiro atoms. The van der Waals surface area contributed by atoms with Crippen molar-refractivity contribution in [1.29, 1.82) is 0 Å². The van der Waals surface area contributed by atoms with E-state index in [4.69, 9.17) is 4.74 Å². The molecule has 2 N–H and O–H groups in total. The summed E-state index contributed by atoms with van der Waals surface area (Å²) in [6.45, 7) is 3.74. The molecule has 0 unspecified atom stereocenters. The van der Waals surface area contributed by atoms with Crippen LogP contribution in [0.3, 0.4) is 0 Å². The second kappa shape index (κ2) is 9.13. The highest BCUT2D eigenvalue weighted by Gasteiger charge is 2.16. The molecule has 0 radical (unpaired) electrons. The lowest BCUT2D eigenvalue weighted by atomic mass is 10.1. The third kappa shape index (κ3) is 5.79. The maximum atomic E-state index is 13.3. The molecular weight excluding hydrogens is 426 g/mol. The van der Waals surface area contributed by atoms with Gasteiger partial charge in [-0.2, -0.15) is 0 Å². The summed E-state index contributed by atoms with van der Waals surface area (Å²) in [5, 5.41) is 2.64. The fourth-order valence-corrected chi connectivity index (χ4v) is 3.70. The summed E-state index contributed by atoms with van der Waals surface area (Å²) >= 11 is 0. The molecule has 9 heteroatoms. The molecule has 3 aromatic rings. The molecule has 0 aliphatic rings. The number of aryl methyl sites for hydroxylation is 2. The number of anilines is 2.